The SMILES string of the molecule is CC(O)(c1ccccc1)c1ccc(-c2nc([C@H]3C[C@@](C)(O)C3)n3ccnc(N)c23)cc1Cl. The highest BCUT2D eigenvalue weighted by Gasteiger charge is 2.41. The van der Waals surface area contributed by atoms with E-state index >= 15 is 0 Å². The molecule has 1 saturated carbocycles. The summed E-state index contributed by atoms with van der Waals surface area (Å²) in [6.45, 7) is 3.57. The number of benzene rings is 2. The predicted molar refractivity (Wildman–Crippen MR) is 126 cm³/mol. The van der Waals surface area contributed by atoms with E-state index in [1.165, 1.54) is 0 Å². The van der Waals surface area contributed by atoms with Crippen molar-refractivity contribution in [3.05, 3.63) is 82.9 Å². The van der Waals surface area contributed by atoms with E-state index in [1.807, 2.05) is 66.1 Å². The van der Waals surface area contributed by atoms with E-state index in [0.29, 0.717) is 40.5 Å². The zero-order valence-corrected chi connectivity index (χ0v) is 18.7. The lowest BCUT2D eigenvalue weighted by Crippen LogP contribution is -2.40. The summed E-state index contributed by atoms with van der Waals surface area (Å²) >= 11 is 6.68. The Hall–Kier alpha value is -2.93. The summed E-state index contributed by atoms with van der Waals surface area (Å²) < 4.78 is 1.96. The highest BCUT2D eigenvalue weighted by atomic mass is 35.5. The van der Waals surface area contributed by atoms with Crippen LogP contribution < -0.4 is 5.73 Å². The van der Waals surface area contributed by atoms with Crippen molar-refractivity contribution in [2.75, 3.05) is 5.73 Å². The molecule has 32 heavy (non-hydrogen) atoms. The normalized spacial score (nSPS) is 22.5. The molecule has 2 heterocycles. The fraction of sp³-hybridized carbons (Fsp3) is 0.280. The minimum Gasteiger partial charge on any atom is -0.390 e. The molecule has 1 aliphatic rings. The van der Waals surface area contributed by atoms with Crippen LogP contribution in [0.4, 0.5) is 5.82 Å². The van der Waals surface area contributed by atoms with Gasteiger partial charge in [-0.25, -0.2) is 9.97 Å². The van der Waals surface area contributed by atoms with Crippen molar-refractivity contribution in [2.45, 2.75) is 43.8 Å². The molecule has 5 rings (SSSR count). The van der Waals surface area contributed by atoms with Gasteiger partial charge in [-0.15, -0.1) is 0 Å². The van der Waals surface area contributed by atoms with Crippen LogP contribution in [-0.4, -0.2) is 30.2 Å². The van der Waals surface area contributed by atoms with Crippen LogP contribution in [0.3, 0.4) is 0 Å². The van der Waals surface area contributed by atoms with Crippen molar-refractivity contribution in [2.24, 2.45) is 0 Å². The molecular weight excluding hydrogens is 424 g/mol. The lowest BCUT2D eigenvalue weighted by atomic mass is 9.72. The monoisotopic (exact) mass is 448 g/mol. The summed E-state index contributed by atoms with van der Waals surface area (Å²) in [4.78, 5) is 9.16. The predicted octanol–water partition coefficient (Wildman–Crippen LogP) is 4.52. The minimum atomic E-state index is -1.24. The van der Waals surface area contributed by atoms with Gasteiger partial charge in [-0.3, -0.25) is 4.40 Å². The molecule has 7 heteroatoms. The topological polar surface area (TPSA) is 96.7 Å². The van der Waals surface area contributed by atoms with Crippen LogP contribution in [0.5, 0.6) is 0 Å². The first-order valence-corrected chi connectivity index (χ1v) is 11.0. The molecule has 1 unspecified atom stereocenters. The van der Waals surface area contributed by atoms with Crippen LogP contribution in [0.1, 0.15) is 49.6 Å². The maximum Gasteiger partial charge on any atom is 0.150 e. The van der Waals surface area contributed by atoms with Gasteiger partial charge >= 0.3 is 0 Å². The fourth-order valence-electron chi connectivity index (χ4n) is 4.74. The van der Waals surface area contributed by atoms with Crippen molar-refractivity contribution in [1.82, 2.24) is 14.4 Å². The molecule has 0 radical (unpaired) electrons. The van der Waals surface area contributed by atoms with Gasteiger partial charge in [-0.05, 0) is 38.3 Å². The van der Waals surface area contributed by atoms with Gasteiger partial charge in [0.05, 0.1) is 5.60 Å². The van der Waals surface area contributed by atoms with Crippen molar-refractivity contribution >= 4 is 22.9 Å². The summed E-state index contributed by atoms with van der Waals surface area (Å²) in [7, 11) is 0. The Morgan fingerprint density at radius 1 is 1.19 bits per heavy atom. The second-order valence-corrected chi connectivity index (χ2v) is 9.49. The summed E-state index contributed by atoms with van der Waals surface area (Å²) in [5.41, 5.74) is 7.90. The Kier molecular flexibility index (Phi) is 4.78. The van der Waals surface area contributed by atoms with Crippen LogP contribution in [0, 0.1) is 0 Å². The van der Waals surface area contributed by atoms with Crippen LogP contribution in [0.25, 0.3) is 16.8 Å². The molecule has 4 aromatic rings. The Morgan fingerprint density at radius 2 is 1.91 bits per heavy atom. The number of fused-ring (bicyclic) bond motifs is 1. The zero-order valence-electron chi connectivity index (χ0n) is 18.0. The number of anilines is 1. The molecule has 1 fully saturated rings. The van der Waals surface area contributed by atoms with Crippen molar-refractivity contribution in [3.63, 3.8) is 0 Å². The molecular formula is C25H25ClN4O2. The average molecular weight is 449 g/mol. The van der Waals surface area contributed by atoms with Crippen LogP contribution in [0.2, 0.25) is 5.02 Å². The number of nitrogen functional groups attached to an aromatic ring is 1. The molecule has 0 spiro atoms. The number of halogens is 1. The Balaban J connectivity index is 1.60. The quantitative estimate of drug-likeness (QED) is 0.426. The van der Waals surface area contributed by atoms with Gasteiger partial charge in [-0.1, -0.05) is 54.1 Å². The van der Waals surface area contributed by atoms with Crippen LogP contribution in [-0.2, 0) is 5.60 Å². The van der Waals surface area contributed by atoms with E-state index < -0.39 is 11.2 Å². The van der Waals surface area contributed by atoms with Gasteiger partial charge in [0.25, 0.3) is 0 Å². The third-order valence-corrected chi connectivity index (χ3v) is 6.76. The number of rotatable bonds is 4. The standard InChI is InChI=1S/C25H25ClN4O2/c1-24(31)13-16(14-24)23-29-20(21-22(27)28-10-11-30(21)23)15-8-9-18(19(26)12-15)25(2,32)17-6-4-3-5-7-17/h3-12,16,31-32H,13-14H2,1-2H3,(H2,27,28)/t16-,24+,25?. The molecule has 0 bridgehead atoms. The first kappa shape index (κ1) is 20.9. The summed E-state index contributed by atoms with van der Waals surface area (Å²) in [6.07, 6.45) is 4.79. The van der Waals surface area contributed by atoms with Crippen LogP contribution >= 0.6 is 11.6 Å². The molecule has 164 valence electrons. The van der Waals surface area contributed by atoms with E-state index in [0.717, 1.165) is 17.0 Å². The van der Waals surface area contributed by atoms with E-state index in [9.17, 15) is 10.2 Å². The Bertz CT molecular complexity index is 1310. The van der Waals surface area contributed by atoms with Crippen molar-refractivity contribution < 1.29 is 10.2 Å². The van der Waals surface area contributed by atoms with Gasteiger partial charge in [-0.2, -0.15) is 0 Å². The van der Waals surface area contributed by atoms with Gasteiger partial charge < -0.3 is 15.9 Å². The van der Waals surface area contributed by atoms with Gasteiger partial charge in [0.15, 0.2) is 0 Å². The van der Waals surface area contributed by atoms with E-state index in [2.05, 4.69) is 4.98 Å². The number of aromatic nitrogens is 3. The summed E-state index contributed by atoms with van der Waals surface area (Å²) in [6, 6.07) is 15.0. The van der Waals surface area contributed by atoms with E-state index in [4.69, 9.17) is 22.3 Å². The van der Waals surface area contributed by atoms with Gasteiger partial charge in [0, 0.05) is 34.5 Å². The van der Waals surface area contributed by atoms with E-state index in [-0.39, 0.29) is 5.92 Å². The number of imidazole rings is 1. The molecule has 6 nitrogen and oxygen atoms in total. The third-order valence-electron chi connectivity index (χ3n) is 6.45. The third kappa shape index (κ3) is 3.35. The fourth-order valence-corrected chi connectivity index (χ4v) is 5.10. The van der Waals surface area contributed by atoms with Crippen molar-refractivity contribution in [3.8, 4) is 11.3 Å². The number of hydrogen-bond acceptors (Lipinski definition) is 5. The maximum atomic E-state index is 11.2. The first-order chi connectivity index (χ1) is 15.2. The van der Waals surface area contributed by atoms with Crippen LogP contribution in [0.15, 0.2) is 60.9 Å². The molecule has 0 aliphatic heterocycles. The molecule has 0 amide bonds. The lowest BCUT2D eigenvalue weighted by Gasteiger charge is -2.40. The van der Waals surface area contributed by atoms with E-state index in [1.54, 1.807) is 13.1 Å². The molecule has 4 N–H and O–H groups in total. The van der Waals surface area contributed by atoms with Gasteiger partial charge in [0.2, 0.25) is 0 Å². The second-order valence-electron chi connectivity index (χ2n) is 9.08. The average Bonchev–Trinajstić information content (AvgIpc) is 3.13. The molecule has 0 saturated heterocycles. The molecule has 2 aromatic carbocycles. The minimum absolute atomic E-state index is 0.140. The van der Waals surface area contributed by atoms with Crippen molar-refractivity contribution in [1.29, 1.82) is 0 Å². The Labute approximate surface area is 191 Å². The first-order valence-electron chi connectivity index (χ1n) is 10.6. The second kappa shape index (κ2) is 7.30. The Morgan fingerprint density at radius 3 is 2.56 bits per heavy atom. The number of aliphatic hydroxyl groups is 2. The molecule has 1 atom stereocenters. The van der Waals surface area contributed by atoms with Gasteiger partial charge in [0.1, 0.15) is 28.5 Å². The highest BCUT2D eigenvalue weighted by Crippen LogP contribution is 2.45. The largest absolute Gasteiger partial charge is 0.390 e. The molecule has 2 aromatic heterocycles. The number of hydrogen-bond donors (Lipinski definition) is 3. The number of nitrogens with zero attached hydrogens (tertiary/aromatic N) is 3. The maximum absolute atomic E-state index is 11.2. The zero-order chi connectivity index (χ0) is 22.7. The lowest BCUT2D eigenvalue weighted by molar-refractivity contribution is -0.0335. The summed E-state index contributed by atoms with van der Waals surface area (Å²) in [5.74, 6) is 1.37. The highest BCUT2D eigenvalue weighted by molar-refractivity contribution is 6.31. The smallest absolute Gasteiger partial charge is 0.150 e. The number of nitrogens with two attached hydrogens (primary N) is 1. The molecule has 1 aliphatic carbocycles. The summed E-state index contributed by atoms with van der Waals surface area (Å²) in [5, 5.41) is 21.9.